The Labute approximate surface area is 189 Å². The van der Waals surface area contributed by atoms with Gasteiger partial charge in [0.25, 0.3) is 0 Å². The second kappa shape index (κ2) is 9.71. The molecule has 0 atom stereocenters. The number of nitrogens with two attached hydrogens (primary N) is 1. The molecule has 0 saturated heterocycles. The molecule has 2 aromatic rings. The van der Waals surface area contributed by atoms with Crippen molar-refractivity contribution in [2.75, 3.05) is 35.8 Å². The monoisotopic (exact) mass is 440 g/mol. The summed E-state index contributed by atoms with van der Waals surface area (Å²) in [4.78, 5) is 25.3. The molecular formula is C24H33FN6O. The van der Waals surface area contributed by atoms with Crippen molar-refractivity contribution in [1.82, 2.24) is 9.97 Å². The van der Waals surface area contributed by atoms with Crippen molar-refractivity contribution in [2.24, 2.45) is 11.7 Å². The molecule has 4 rings (SSSR count). The summed E-state index contributed by atoms with van der Waals surface area (Å²) in [7, 11) is 4.08. The predicted molar refractivity (Wildman–Crippen MR) is 126 cm³/mol. The molecule has 0 unspecified atom stereocenters. The topological polar surface area (TPSA) is 87.4 Å². The highest BCUT2D eigenvalue weighted by Crippen LogP contribution is 2.31. The van der Waals surface area contributed by atoms with E-state index in [9.17, 15) is 9.18 Å². The number of carbonyl (C=O) groups is 1. The van der Waals surface area contributed by atoms with E-state index in [1.807, 2.05) is 14.1 Å². The Morgan fingerprint density at radius 2 is 1.78 bits per heavy atom. The molecule has 2 amide bonds. The first kappa shape index (κ1) is 22.3. The second-order valence-corrected chi connectivity index (χ2v) is 9.18. The molecular weight excluding hydrogens is 407 g/mol. The number of hydrogen-bond donors (Lipinski definition) is 2. The van der Waals surface area contributed by atoms with Crippen LogP contribution in [0.3, 0.4) is 0 Å². The second-order valence-electron chi connectivity index (χ2n) is 9.18. The Morgan fingerprint density at radius 3 is 2.44 bits per heavy atom. The maximum absolute atomic E-state index is 13.2. The largest absolute Gasteiger partial charge is 0.362 e. The number of benzene rings is 1. The molecule has 1 heterocycles. The van der Waals surface area contributed by atoms with Crippen LogP contribution in [0, 0.1) is 11.7 Å². The van der Waals surface area contributed by atoms with Crippen molar-refractivity contribution in [2.45, 2.75) is 57.4 Å². The molecule has 1 aromatic carbocycles. The van der Waals surface area contributed by atoms with Crippen LogP contribution in [-0.4, -0.2) is 42.7 Å². The highest BCUT2D eigenvalue weighted by Gasteiger charge is 2.26. The minimum atomic E-state index is -0.504. The zero-order valence-electron chi connectivity index (χ0n) is 19.0. The molecule has 7 nitrogen and oxygen atoms in total. The van der Waals surface area contributed by atoms with Gasteiger partial charge in [0.2, 0.25) is 5.95 Å². The van der Waals surface area contributed by atoms with Gasteiger partial charge in [-0.25, -0.2) is 14.2 Å². The lowest BCUT2D eigenvalue weighted by Crippen LogP contribution is -2.41. The predicted octanol–water partition coefficient (Wildman–Crippen LogP) is 4.12. The molecule has 32 heavy (non-hydrogen) atoms. The van der Waals surface area contributed by atoms with Crippen molar-refractivity contribution in [3.05, 3.63) is 41.3 Å². The van der Waals surface area contributed by atoms with Gasteiger partial charge in [0.05, 0.1) is 5.69 Å². The van der Waals surface area contributed by atoms with Crippen molar-refractivity contribution < 1.29 is 9.18 Å². The standard InChI is InChI=1S/C24H33FN6O/c1-30(2)22-20-5-3-4-6-21(20)28-24(29-22)27-18-11-7-16(8-12-18)15-31(23(26)32)19-13-9-17(25)10-14-19/h9-10,13-14,16,18H,3-8,11-12,15H2,1-2H3,(H2,26,32)(H,27,28,29). The van der Waals surface area contributed by atoms with Gasteiger partial charge in [0, 0.05) is 37.9 Å². The van der Waals surface area contributed by atoms with Gasteiger partial charge in [-0.05, 0) is 81.5 Å². The Morgan fingerprint density at radius 1 is 1.09 bits per heavy atom. The van der Waals surface area contributed by atoms with Crippen molar-refractivity contribution >= 4 is 23.5 Å². The van der Waals surface area contributed by atoms with Crippen LogP contribution in [0.2, 0.25) is 0 Å². The highest BCUT2D eigenvalue weighted by atomic mass is 19.1. The molecule has 1 saturated carbocycles. The summed E-state index contributed by atoms with van der Waals surface area (Å²) in [5.74, 6) is 1.78. The minimum absolute atomic E-state index is 0.316. The van der Waals surface area contributed by atoms with E-state index < -0.39 is 6.03 Å². The van der Waals surface area contributed by atoms with Crippen LogP contribution in [-0.2, 0) is 12.8 Å². The number of amides is 2. The molecule has 0 aliphatic heterocycles. The SMILES string of the molecule is CN(C)c1nc(NC2CCC(CN(C(N)=O)c3ccc(F)cc3)CC2)nc2c1CCCC2. The third-order valence-electron chi connectivity index (χ3n) is 6.61. The molecule has 2 aliphatic rings. The van der Waals surface area contributed by atoms with Crippen LogP contribution in [0.5, 0.6) is 0 Å². The average Bonchev–Trinajstić information content (AvgIpc) is 2.78. The third-order valence-corrected chi connectivity index (χ3v) is 6.61. The number of fused-ring (bicyclic) bond motifs is 1. The van der Waals surface area contributed by atoms with E-state index in [1.54, 1.807) is 17.0 Å². The summed E-state index contributed by atoms with van der Waals surface area (Å²) < 4.78 is 13.2. The fourth-order valence-electron chi connectivity index (χ4n) is 4.88. The molecule has 1 fully saturated rings. The summed E-state index contributed by atoms with van der Waals surface area (Å²) in [5, 5.41) is 3.57. The number of halogens is 1. The number of primary amides is 1. The molecule has 0 spiro atoms. The van der Waals surface area contributed by atoms with Crippen LogP contribution in [0.1, 0.15) is 49.8 Å². The third kappa shape index (κ3) is 5.11. The molecule has 1 aromatic heterocycles. The molecule has 172 valence electrons. The summed E-state index contributed by atoms with van der Waals surface area (Å²) in [6, 6.07) is 5.72. The number of anilines is 3. The van der Waals surface area contributed by atoms with Crippen LogP contribution in [0.15, 0.2) is 24.3 Å². The Kier molecular flexibility index (Phi) is 6.77. The first-order valence-corrected chi connectivity index (χ1v) is 11.6. The van der Waals surface area contributed by atoms with E-state index in [0.29, 0.717) is 24.2 Å². The van der Waals surface area contributed by atoms with Gasteiger partial charge in [-0.1, -0.05) is 0 Å². The van der Waals surface area contributed by atoms with Gasteiger partial charge in [-0.2, -0.15) is 4.98 Å². The van der Waals surface area contributed by atoms with Crippen molar-refractivity contribution in [1.29, 1.82) is 0 Å². The van der Waals surface area contributed by atoms with Gasteiger partial charge in [-0.3, -0.25) is 4.90 Å². The van der Waals surface area contributed by atoms with E-state index in [0.717, 1.165) is 50.3 Å². The quantitative estimate of drug-likeness (QED) is 0.706. The highest BCUT2D eigenvalue weighted by molar-refractivity contribution is 5.90. The fourth-order valence-corrected chi connectivity index (χ4v) is 4.88. The summed E-state index contributed by atoms with van der Waals surface area (Å²) in [5.41, 5.74) is 8.72. The number of aromatic nitrogens is 2. The molecule has 8 heteroatoms. The number of nitrogens with zero attached hydrogens (tertiary/aromatic N) is 4. The van der Waals surface area contributed by atoms with E-state index in [4.69, 9.17) is 15.7 Å². The Hall–Kier alpha value is -2.90. The molecule has 3 N–H and O–H groups in total. The van der Waals surface area contributed by atoms with Crippen molar-refractivity contribution in [3.63, 3.8) is 0 Å². The number of rotatable bonds is 6. The number of hydrogen-bond acceptors (Lipinski definition) is 5. The van der Waals surface area contributed by atoms with Crippen LogP contribution in [0.25, 0.3) is 0 Å². The van der Waals surface area contributed by atoms with Crippen LogP contribution >= 0.6 is 0 Å². The number of nitrogens with one attached hydrogen (secondary N) is 1. The average molecular weight is 441 g/mol. The van der Waals surface area contributed by atoms with E-state index >= 15 is 0 Å². The summed E-state index contributed by atoms with van der Waals surface area (Å²) in [6.07, 6.45) is 8.39. The minimum Gasteiger partial charge on any atom is -0.362 e. The van der Waals surface area contributed by atoms with Crippen molar-refractivity contribution in [3.8, 4) is 0 Å². The van der Waals surface area contributed by atoms with Gasteiger partial charge in [0.15, 0.2) is 0 Å². The summed E-state index contributed by atoms with van der Waals surface area (Å²) >= 11 is 0. The van der Waals surface area contributed by atoms with Gasteiger partial charge in [-0.15, -0.1) is 0 Å². The van der Waals surface area contributed by atoms with Crippen LogP contribution < -0.4 is 20.9 Å². The van der Waals surface area contributed by atoms with Gasteiger partial charge >= 0.3 is 6.03 Å². The maximum Gasteiger partial charge on any atom is 0.319 e. The van der Waals surface area contributed by atoms with Gasteiger partial charge in [0.1, 0.15) is 11.6 Å². The summed E-state index contributed by atoms with van der Waals surface area (Å²) in [6.45, 7) is 0.549. The number of carbonyl (C=O) groups excluding carboxylic acids is 1. The van der Waals surface area contributed by atoms with E-state index in [-0.39, 0.29) is 5.82 Å². The first-order valence-electron chi connectivity index (χ1n) is 11.6. The van der Waals surface area contributed by atoms with E-state index in [2.05, 4.69) is 10.2 Å². The lowest BCUT2D eigenvalue weighted by Gasteiger charge is -2.33. The van der Waals surface area contributed by atoms with Gasteiger partial charge < -0.3 is 16.0 Å². The zero-order chi connectivity index (χ0) is 22.7. The first-order chi connectivity index (χ1) is 15.4. The fraction of sp³-hybridized carbons (Fsp3) is 0.542. The number of urea groups is 1. The zero-order valence-corrected chi connectivity index (χ0v) is 19.0. The molecule has 0 bridgehead atoms. The Bertz CT molecular complexity index is 940. The molecule has 0 radical (unpaired) electrons. The lowest BCUT2D eigenvalue weighted by molar-refractivity contribution is 0.250. The van der Waals surface area contributed by atoms with E-state index in [1.165, 1.54) is 36.2 Å². The lowest BCUT2D eigenvalue weighted by atomic mass is 9.85. The normalized spacial score (nSPS) is 20.3. The smallest absolute Gasteiger partial charge is 0.319 e. The maximum atomic E-state index is 13.2. The number of aryl methyl sites for hydroxylation is 1. The Balaban J connectivity index is 1.37. The van der Waals surface area contributed by atoms with Crippen LogP contribution in [0.4, 0.5) is 26.6 Å². The molecule has 2 aliphatic carbocycles.